The molecule has 0 saturated carbocycles. The van der Waals surface area contributed by atoms with Crippen molar-refractivity contribution in [1.29, 1.82) is 0 Å². The van der Waals surface area contributed by atoms with Crippen molar-refractivity contribution in [1.82, 2.24) is 10.4 Å². The van der Waals surface area contributed by atoms with E-state index in [0.29, 0.717) is 11.9 Å². The molecule has 3 aliphatic heterocycles. The zero-order valence-electron chi connectivity index (χ0n) is 9.60. The highest BCUT2D eigenvalue weighted by molar-refractivity contribution is 5.80. The highest BCUT2D eigenvalue weighted by atomic mass is 16.5. The summed E-state index contributed by atoms with van der Waals surface area (Å²) in [6.07, 6.45) is 7.76. The Morgan fingerprint density at radius 1 is 1.47 bits per heavy atom. The summed E-state index contributed by atoms with van der Waals surface area (Å²) in [6, 6.07) is 0. The van der Waals surface area contributed by atoms with Crippen molar-refractivity contribution in [2.45, 2.75) is 18.5 Å². The number of hydrogen-bond acceptors (Lipinski definition) is 6. The Balaban J connectivity index is 1.88. The van der Waals surface area contributed by atoms with E-state index >= 15 is 0 Å². The lowest BCUT2D eigenvalue weighted by Crippen LogP contribution is -2.64. The van der Waals surface area contributed by atoms with Crippen LogP contribution in [0, 0.1) is 5.92 Å². The van der Waals surface area contributed by atoms with Gasteiger partial charge in [0.1, 0.15) is 5.66 Å². The lowest BCUT2D eigenvalue weighted by atomic mass is 9.84. The monoisotopic (exact) mass is 235 g/mol. The number of allylic oxidation sites excluding steroid dienone is 2. The fraction of sp³-hybridized carbons (Fsp3) is 0.545. The summed E-state index contributed by atoms with van der Waals surface area (Å²) in [6.45, 7) is 1.53. The van der Waals surface area contributed by atoms with E-state index in [0.717, 1.165) is 31.9 Å². The van der Waals surface area contributed by atoms with Gasteiger partial charge in [-0.15, -0.1) is 0 Å². The first-order chi connectivity index (χ1) is 8.20. The average Bonchev–Trinajstić information content (AvgIpc) is 2.73. The second-order valence-electron chi connectivity index (χ2n) is 4.60. The topological polar surface area (TPSA) is 88.9 Å². The Morgan fingerprint density at radius 3 is 3.00 bits per heavy atom. The van der Waals surface area contributed by atoms with Gasteiger partial charge in [-0.3, -0.25) is 5.43 Å². The third-order valence-corrected chi connectivity index (χ3v) is 3.56. The lowest BCUT2D eigenvalue weighted by Gasteiger charge is -2.45. The molecule has 0 aromatic carbocycles. The average molecular weight is 235 g/mol. The molecule has 0 aromatic heterocycles. The summed E-state index contributed by atoms with van der Waals surface area (Å²) >= 11 is 0. The molecule has 6 heteroatoms. The van der Waals surface area contributed by atoms with Gasteiger partial charge in [0.25, 0.3) is 0 Å². The van der Waals surface area contributed by atoms with E-state index in [1.807, 2.05) is 23.2 Å². The molecule has 6 nitrogen and oxygen atoms in total. The van der Waals surface area contributed by atoms with Crippen molar-refractivity contribution >= 4 is 5.96 Å². The van der Waals surface area contributed by atoms with E-state index < -0.39 is 5.66 Å². The first-order valence-corrected chi connectivity index (χ1v) is 5.87. The predicted octanol–water partition coefficient (Wildman–Crippen LogP) is -0.386. The van der Waals surface area contributed by atoms with Crippen LogP contribution in [0.2, 0.25) is 0 Å². The van der Waals surface area contributed by atoms with Crippen molar-refractivity contribution in [3.8, 4) is 0 Å². The van der Waals surface area contributed by atoms with E-state index in [9.17, 15) is 0 Å². The van der Waals surface area contributed by atoms with Gasteiger partial charge in [-0.25, -0.2) is 5.01 Å². The van der Waals surface area contributed by atoms with Gasteiger partial charge in [-0.2, -0.15) is 4.99 Å². The fourth-order valence-electron chi connectivity index (χ4n) is 2.62. The molecule has 1 saturated heterocycles. The minimum absolute atomic E-state index is 0.338. The van der Waals surface area contributed by atoms with Gasteiger partial charge in [-0.05, 0) is 25.0 Å². The van der Waals surface area contributed by atoms with Crippen LogP contribution in [0.1, 0.15) is 12.8 Å². The van der Waals surface area contributed by atoms with Crippen LogP contribution in [-0.2, 0) is 4.74 Å². The molecule has 3 rings (SSSR count). The summed E-state index contributed by atoms with van der Waals surface area (Å²) < 4.78 is 5.38. The molecule has 0 spiro atoms. The molecule has 0 bridgehead atoms. The number of ether oxygens (including phenoxy) is 1. The molecule has 0 amide bonds. The second-order valence-corrected chi connectivity index (χ2v) is 4.60. The largest absolute Gasteiger partial charge is 0.381 e. The van der Waals surface area contributed by atoms with Gasteiger partial charge in [0.05, 0.1) is 0 Å². The van der Waals surface area contributed by atoms with E-state index in [1.54, 1.807) is 0 Å². The van der Waals surface area contributed by atoms with Crippen LogP contribution in [0.4, 0.5) is 0 Å². The van der Waals surface area contributed by atoms with Crippen molar-refractivity contribution in [3.05, 3.63) is 24.0 Å². The zero-order chi connectivity index (χ0) is 11.9. The van der Waals surface area contributed by atoms with Crippen LogP contribution in [0.3, 0.4) is 0 Å². The maximum atomic E-state index is 6.53. The third-order valence-electron chi connectivity index (χ3n) is 3.56. The van der Waals surface area contributed by atoms with Crippen LogP contribution >= 0.6 is 0 Å². The van der Waals surface area contributed by atoms with Crippen molar-refractivity contribution in [2.24, 2.45) is 22.4 Å². The highest BCUT2D eigenvalue weighted by Crippen LogP contribution is 2.34. The van der Waals surface area contributed by atoms with Gasteiger partial charge in [0.2, 0.25) is 5.96 Å². The van der Waals surface area contributed by atoms with Gasteiger partial charge in [-0.1, -0.05) is 6.08 Å². The molecule has 3 heterocycles. The molecule has 1 atom stereocenters. The SMILES string of the molecule is NC1=NC2=CC=CC(N)(C3CCOCC3)N2N1. The first-order valence-electron chi connectivity index (χ1n) is 5.87. The molecule has 3 aliphatic rings. The number of hydrogen-bond donors (Lipinski definition) is 3. The van der Waals surface area contributed by atoms with Gasteiger partial charge >= 0.3 is 0 Å². The molecule has 0 aliphatic carbocycles. The van der Waals surface area contributed by atoms with Crippen LogP contribution in [-0.4, -0.2) is 29.8 Å². The summed E-state index contributed by atoms with van der Waals surface area (Å²) in [5, 5.41) is 1.86. The minimum atomic E-state index is -0.571. The maximum absolute atomic E-state index is 6.53. The van der Waals surface area contributed by atoms with Gasteiger partial charge < -0.3 is 16.2 Å². The standard InChI is InChI=1S/C11H17N5O/c12-10-14-9-2-1-5-11(13,16(9)15-10)8-3-6-17-7-4-8/h1-2,5,8H,3-4,6-7,13H2,(H3,12,14,15). The van der Waals surface area contributed by atoms with E-state index in [2.05, 4.69) is 10.4 Å². The third kappa shape index (κ3) is 1.60. The minimum Gasteiger partial charge on any atom is -0.381 e. The van der Waals surface area contributed by atoms with E-state index in [1.165, 1.54) is 0 Å². The molecule has 0 radical (unpaired) electrons. The quantitative estimate of drug-likeness (QED) is 0.576. The lowest BCUT2D eigenvalue weighted by molar-refractivity contribution is 0.000646. The summed E-state index contributed by atoms with van der Waals surface area (Å²) in [7, 11) is 0. The number of hydrazine groups is 1. The van der Waals surface area contributed by atoms with Crippen LogP contribution < -0.4 is 16.9 Å². The van der Waals surface area contributed by atoms with Gasteiger partial charge in [0, 0.05) is 19.1 Å². The molecular formula is C11H17N5O. The fourth-order valence-corrected chi connectivity index (χ4v) is 2.62. The Labute approximate surface area is 100.0 Å². The van der Waals surface area contributed by atoms with E-state index in [4.69, 9.17) is 16.2 Å². The van der Waals surface area contributed by atoms with Crippen molar-refractivity contribution in [3.63, 3.8) is 0 Å². The van der Waals surface area contributed by atoms with Crippen LogP contribution in [0.15, 0.2) is 29.0 Å². The normalized spacial score (nSPS) is 32.9. The molecule has 1 fully saturated rings. The molecule has 5 N–H and O–H groups in total. The highest BCUT2D eigenvalue weighted by Gasteiger charge is 2.43. The first kappa shape index (κ1) is 10.6. The number of aliphatic imine (C=N–C) groups is 1. The number of nitrogens with two attached hydrogens (primary N) is 2. The molecular weight excluding hydrogens is 218 g/mol. The number of nitrogens with one attached hydrogen (secondary N) is 1. The Morgan fingerprint density at radius 2 is 2.24 bits per heavy atom. The number of guanidine groups is 1. The van der Waals surface area contributed by atoms with Crippen LogP contribution in [0.5, 0.6) is 0 Å². The number of rotatable bonds is 1. The number of fused-ring (bicyclic) bond motifs is 1. The maximum Gasteiger partial charge on any atom is 0.214 e. The van der Waals surface area contributed by atoms with E-state index in [-0.39, 0.29) is 0 Å². The van der Waals surface area contributed by atoms with Gasteiger partial charge in [0.15, 0.2) is 5.82 Å². The Kier molecular flexibility index (Phi) is 2.34. The smallest absolute Gasteiger partial charge is 0.214 e. The second kappa shape index (κ2) is 3.75. The van der Waals surface area contributed by atoms with Crippen LogP contribution in [0.25, 0.3) is 0 Å². The predicted molar refractivity (Wildman–Crippen MR) is 64.3 cm³/mol. The molecule has 1 unspecified atom stereocenters. The van der Waals surface area contributed by atoms with Crippen molar-refractivity contribution in [2.75, 3.05) is 13.2 Å². The Hall–Kier alpha value is -1.53. The Bertz CT molecular complexity index is 410. The van der Waals surface area contributed by atoms with Crippen molar-refractivity contribution < 1.29 is 4.74 Å². The number of nitrogens with zero attached hydrogens (tertiary/aromatic N) is 2. The summed E-state index contributed by atoms with van der Waals surface area (Å²) in [5.74, 6) is 1.51. The molecule has 0 aromatic rings. The zero-order valence-corrected chi connectivity index (χ0v) is 9.60. The molecule has 92 valence electrons. The molecule has 17 heavy (non-hydrogen) atoms. The summed E-state index contributed by atoms with van der Waals surface area (Å²) in [5.41, 5.74) is 14.7. The summed E-state index contributed by atoms with van der Waals surface area (Å²) in [4.78, 5) is 4.21.